The first-order valence-corrected chi connectivity index (χ1v) is 4.30. The molecule has 1 aromatic heterocycles. The highest BCUT2D eigenvalue weighted by atomic mass is 32.1. The van der Waals surface area contributed by atoms with E-state index in [2.05, 4.69) is 29.5 Å². The fraction of sp³-hybridized carbons (Fsp3) is 0.222. The first kappa shape index (κ1) is 10.9. The molecule has 0 aliphatic heterocycles. The zero-order valence-electron chi connectivity index (χ0n) is 6.97. The van der Waals surface area contributed by atoms with Gasteiger partial charge >= 0.3 is 6.18 Å². The van der Waals surface area contributed by atoms with Crippen LogP contribution in [0.25, 0.3) is 0 Å². The van der Waals surface area contributed by atoms with Gasteiger partial charge in [-0.3, -0.25) is 0 Å². The lowest BCUT2D eigenvalue weighted by atomic mass is 10.2. The molecular formula is C9H6F3NS. The number of alkyl halides is 3. The molecule has 1 heterocycles. The molecule has 0 radical (unpaired) electrons. The first-order chi connectivity index (χ1) is 6.54. The Kier molecular flexibility index (Phi) is 3.42. The number of thiol groups is 1. The predicted octanol–water partition coefficient (Wildman–Crippen LogP) is 2.38. The molecule has 0 spiro atoms. The SMILES string of the molecule is FC(F)(F)c1ccc(C#CCS)nc1. The molecule has 1 nitrogen and oxygen atoms in total. The van der Waals surface area contributed by atoms with Crippen LogP contribution in [0.3, 0.4) is 0 Å². The number of hydrogen-bond donors (Lipinski definition) is 1. The molecule has 1 aromatic rings. The lowest BCUT2D eigenvalue weighted by Gasteiger charge is -2.04. The van der Waals surface area contributed by atoms with Crippen molar-refractivity contribution >= 4 is 12.6 Å². The Labute approximate surface area is 84.8 Å². The van der Waals surface area contributed by atoms with E-state index < -0.39 is 11.7 Å². The minimum absolute atomic E-state index is 0.312. The van der Waals surface area contributed by atoms with Crippen molar-refractivity contribution in [2.45, 2.75) is 6.18 Å². The second-order valence-corrected chi connectivity index (χ2v) is 2.71. The van der Waals surface area contributed by atoms with Crippen molar-refractivity contribution in [2.75, 3.05) is 5.75 Å². The smallest absolute Gasteiger partial charge is 0.247 e. The Morgan fingerprint density at radius 3 is 2.50 bits per heavy atom. The fourth-order valence-electron chi connectivity index (χ4n) is 0.766. The van der Waals surface area contributed by atoms with Gasteiger partial charge in [-0.2, -0.15) is 25.8 Å². The second-order valence-electron chi connectivity index (χ2n) is 2.39. The zero-order valence-corrected chi connectivity index (χ0v) is 7.86. The van der Waals surface area contributed by atoms with Crippen molar-refractivity contribution in [3.05, 3.63) is 29.6 Å². The standard InChI is InChI=1S/C9H6F3NS/c10-9(11,12)7-3-4-8(13-6-7)2-1-5-14/h3-4,6,14H,5H2. The number of pyridine rings is 1. The molecule has 0 fully saturated rings. The van der Waals surface area contributed by atoms with Gasteiger partial charge < -0.3 is 0 Å². The van der Waals surface area contributed by atoms with Crippen molar-refractivity contribution < 1.29 is 13.2 Å². The summed E-state index contributed by atoms with van der Waals surface area (Å²) in [5.74, 6) is 5.51. The van der Waals surface area contributed by atoms with Gasteiger partial charge in [0.2, 0.25) is 0 Å². The molecule has 0 saturated heterocycles. The molecule has 74 valence electrons. The largest absolute Gasteiger partial charge is 0.417 e. The third-order valence-electron chi connectivity index (χ3n) is 1.39. The van der Waals surface area contributed by atoms with Gasteiger partial charge in [0.25, 0.3) is 0 Å². The van der Waals surface area contributed by atoms with Gasteiger partial charge in [-0.15, -0.1) is 0 Å². The topological polar surface area (TPSA) is 12.9 Å². The van der Waals surface area contributed by atoms with Gasteiger partial charge in [-0.1, -0.05) is 5.92 Å². The Balaban J connectivity index is 2.89. The van der Waals surface area contributed by atoms with Crippen molar-refractivity contribution in [1.82, 2.24) is 4.98 Å². The third-order valence-corrected chi connectivity index (χ3v) is 1.54. The van der Waals surface area contributed by atoms with E-state index in [1.54, 1.807) is 0 Å². The van der Waals surface area contributed by atoms with E-state index in [9.17, 15) is 13.2 Å². The molecule has 0 amide bonds. The van der Waals surface area contributed by atoms with Crippen LogP contribution in [0.15, 0.2) is 18.3 Å². The van der Waals surface area contributed by atoms with Crippen LogP contribution in [0.1, 0.15) is 11.3 Å². The molecule has 14 heavy (non-hydrogen) atoms. The molecule has 1 rings (SSSR count). The molecule has 0 aromatic carbocycles. The molecule has 0 N–H and O–H groups in total. The summed E-state index contributed by atoms with van der Waals surface area (Å²) in [5.41, 5.74) is -0.457. The molecule has 0 aliphatic carbocycles. The Morgan fingerprint density at radius 1 is 1.36 bits per heavy atom. The van der Waals surface area contributed by atoms with Crippen LogP contribution >= 0.6 is 12.6 Å². The quantitative estimate of drug-likeness (QED) is 0.520. The monoisotopic (exact) mass is 217 g/mol. The van der Waals surface area contributed by atoms with Crippen LogP contribution in [0.5, 0.6) is 0 Å². The van der Waals surface area contributed by atoms with Crippen LogP contribution in [0.2, 0.25) is 0 Å². The van der Waals surface area contributed by atoms with E-state index in [1.165, 1.54) is 6.07 Å². The van der Waals surface area contributed by atoms with Gasteiger partial charge in [-0.05, 0) is 18.1 Å². The summed E-state index contributed by atoms with van der Waals surface area (Å²) >= 11 is 3.84. The van der Waals surface area contributed by atoms with E-state index >= 15 is 0 Å². The summed E-state index contributed by atoms with van der Waals surface area (Å²) in [6, 6.07) is 2.19. The van der Waals surface area contributed by atoms with E-state index in [4.69, 9.17) is 0 Å². The molecule has 0 saturated carbocycles. The van der Waals surface area contributed by atoms with Crippen LogP contribution in [0.4, 0.5) is 13.2 Å². The summed E-state index contributed by atoms with van der Waals surface area (Å²) in [7, 11) is 0. The third kappa shape index (κ3) is 2.96. The van der Waals surface area contributed by atoms with Gasteiger partial charge in [0, 0.05) is 6.20 Å². The second kappa shape index (κ2) is 4.38. The van der Waals surface area contributed by atoms with Crippen LogP contribution < -0.4 is 0 Å². The molecule has 5 heteroatoms. The van der Waals surface area contributed by atoms with Gasteiger partial charge in [0.15, 0.2) is 0 Å². The molecule has 0 bridgehead atoms. The van der Waals surface area contributed by atoms with Crippen LogP contribution in [0, 0.1) is 11.8 Å². The Bertz CT molecular complexity index is 358. The summed E-state index contributed by atoms with van der Waals surface area (Å²) in [5, 5.41) is 0. The normalized spacial score (nSPS) is 10.6. The van der Waals surface area contributed by atoms with Crippen molar-refractivity contribution in [1.29, 1.82) is 0 Å². The predicted molar refractivity (Wildman–Crippen MR) is 50.0 cm³/mol. The van der Waals surface area contributed by atoms with E-state index in [0.29, 0.717) is 11.4 Å². The maximum atomic E-state index is 12.1. The highest BCUT2D eigenvalue weighted by Crippen LogP contribution is 2.28. The summed E-state index contributed by atoms with van der Waals surface area (Å²) in [6.07, 6.45) is -3.58. The number of rotatable bonds is 0. The lowest BCUT2D eigenvalue weighted by molar-refractivity contribution is -0.137. The van der Waals surface area contributed by atoms with Crippen molar-refractivity contribution in [3.63, 3.8) is 0 Å². The summed E-state index contributed by atoms with van der Waals surface area (Å²) < 4.78 is 36.3. The van der Waals surface area contributed by atoms with Crippen molar-refractivity contribution in [2.24, 2.45) is 0 Å². The Hall–Kier alpha value is -1.15. The summed E-state index contributed by atoms with van der Waals surface area (Å²) in [4.78, 5) is 3.56. The lowest BCUT2D eigenvalue weighted by Crippen LogP contribution is -2.05. The number of aromatic nitrogens is 1. The summed E-state index contributed by atoms with van der Waals surface area (Å²) in [6.45, 7) is 0. The van der Waals surface area contributed by atoms with Gasteiger partial charge in [-0.25, -0.2) is 4.98 Å². The maximum Gasteiger partial charge on any atom is 0.417 e. The fourth-order valence-corrected chi connectivity index (χ4v) is 0.845. The minimum Gasteiger partial charge on any atom is -0.247 e. The molecule has 0 aliphatic rings. The number of hydrogen-bond acceptors (Lipinski definition) is 2. The first-order valence-electron chi connectivity index (χ1n) is 3.67. The maximum absolute atomic E-state index is 12.1. The molecular weight excluding hydrogens is 211 g/mol. The highest BCUT2D eigenvalue weighted by Gasteiger charge is 2.30. The van der Waals surface area contributed by atoms with Crippen LogP contribution in [-0.4, -0.2) is 10.7 Å². The van der Waals surface area contributed by atoms with E-state index in [1.807, 2.05) is 0 Å². The minimum atomic E-state index is -4.34. The average Bonchev–Trinajstić information content (AvgIpc) is 2.14. The van der Waals surface area contributed by atoms with Crippen LogP contribution in [-0.2, 0) is 6.18 Å². The Morgan fingerprint density at radius 2 is 2.07 bits per heavy atom. The van der Waals surface area contributed by atoms with Gasteiger partial charge in [0.05, 0.1) is 11.3 Å². The van der Waals surface area contributed by atoms with E-state index in [-0.39, 0.29) is 0 Å². The average molecular weight is 217 g/mol. The number of nitrogens with zero attached hydrogens (tertiary/aromatic N) is 1. The molecule has 0 unspecified atom stereocenters. The highest BCUT2D eigenvalue weighted by molar-refractivity contribution is 7.80. The zero-order chi connectivity index (χ0) is 10.6. The number of halogens is 3. The van der Waals surface area contributed by atoms with Gasteiger partial charge in [0.1, 0.15) is 5.69 Å². The van der Waals surface area contributed by atoms with Crippen molar-refractivity contribution in [3.8, 4) is 11.8 Å². The molecule has 0 atom stereocenters. The van der Waals surface area contributed by atoms with E-state index in [0.717, 1.165) is 12.3 Å².